The van der Waals surface area contributed by atoms with Crippen molar-refractivity contribution in [1.29, 1.82) is 0 Å². The fourth-order valence-corrected chi connectivity index (χ4v) is 5.55. The number of hydrogen-bond donors (Lipinski definition) is 1. The summed E-state index contributed by atoms with van der Waals surface area (Å²) in [6.45, 7) is 9.49. The van der Waals surface area contributed by atoms with Gasteiger partial charge in [0.05, 0.1) is 16.7 Å². The van der Waals surface area contributed by atoms with E-state index in [9.17, 15) is 18.8 Å². The zero-order chi connectivity index (χ0) is 30.1. The Bertz CT molecular complexity index is 1310. The molecule has 1 aromatic heterocycles. The number of ether oxygens (including phenoxy) is 2. The van der Waals surface area contributed by atoms with Crippen LogP contribution >= 0.6 is 0 Å². The molecule has 11 heteroatoms. The highest BCUT2D eigenvalue weighted by Gasteiger charge is 2.40. The molecule has 3 fully saturated rings. The van der Waals surface area contributed by atoms with E-state index in [0.29, 0.717) is 50.2 Å². The van der Waals surface area contributed by atoms with Crippen LogP contribution in [-0.4, -0.2) is 87.2 Å². The largest absolute Gasteiger partial charge is 0.444 e. The Balaban J connectivity index is 1.21. The summed E-state index contributed by atoms with van der Waals surface area (Å²) in [5.74, 6) is -1.07. The second-order valence-corrected chi connectivity index (χ2v) is 12.7. The standard InChI is InChI=1S/C31H40FN5O5/c1-30(2,3)42-29(40)36-13-10-23(11-14-36)37(22-7-8-22)28(39)21-17-33-26(34-18-21)20-6-9-24(25(32)16-20)27(38)35-19-31(4)12-5-15-41-31/h6,9,16-18,22-23H,5,7-8,10-15,19H2,1-4H3,(H,35,38). The van der Waals surface area contributed by atoms with Gasteiger partial charge in [0.2, 0.25) is 0 Å². The van der Waals surface area contributed by atoms with Gasteiger partial charge in [-0.2, -0.15) is 0 Å². The van der Waals surface area contributed by atoms with Crippen LogP contribution in [0.25, 0.3) is 11.4 Å². The second kappa shape index (κ2) is 11.9. The summed E-state index contributed by atoms with van der Waals surface area (Å²) >= 11 is 0. The molecule has 1 N–H and O–H groups in total. The predicted molar refractivity (Wildman–Crippen MR) is 153 cm³/mol. The average molecular weight is 582 g/mol. The van der Waals surface area contributed by atoms with Gasteiger partial charge in [-0.05, 0) is 78.4 Å². The van der Waals surface area contributed by atoms with Crippen LogP contribution < -0.4 is 5.32 Å². The van der Waals surface area contributed by atoms with E-state index in [1.165, 1.54) is 24.5 Å². The van der Waals surface area contributed by atoms with Crippen LogP contribution in [0.2, 0.25) is 0 Å². The van der Waals surface area contributed by atoms with Gasteiger partial charge in [-0.3, -0.25) is 9.59 Å². The Labute approximate surface area is 246 Å². The smallest absolute Gasteiger partial charge is 0.410 e. The highest BCUT2D eigenvalue weighted by molar-refractivity contribution is 5.95. The first kappa shape index (κ1) is 29.9. The summed E-state index contributed by atoms with van der Waals surface area (Å²) < 4.78 is 26.1. The molecule has 10 nitrogen and oxygen atoms in total. The molecule has 0 spiro atoms. The zero-order valence-corrected chi connectivity index (χ0v) is 24.8. The normalized spacial score (nSPS) is 21.2. The van der Waals surface area contributed by atoms with Crippen LogP contribution in [0.1, 0.15) is 86.9 Å². The molecule has 2 aromatic rings. The number of carbonyl (C=O) groups excluding carboxylic acids is 3. The first-order valence-corrected chi connectivity index (χ1v) is 14.8. The number of piperidine rings is 1. The maximum Gasteiger partial charge on any atom is 0.410 e. The lowest BCUT2D eigenvalue weighted by atomic mass is 10.0. The third-order valence-electron chi connectivity index (χ3n) is 7.98. The molecule has 3 heterocycles. The molecule has 2 saturated heterocycles. The third-order valence-corrected chi connectivity index (χ3v) is 7.98. The lowest BCUT2D eigenvalue weighted by Gasteiger charge is -2.39. The van der Waals surface area contributed by atoms with Gasteiger partial charge in [0.1, 0.15) is 11.4 Å². The number of carbonyl (C=O) groups is 3. The summed E-state index contributed by atoms with van der Waals surface area (Å²) in [6.07, 6.45) is 7.63. The number of nitrogens with one attached hydrogen (secondary N) is 1. The fraction of sp³-hybridized carbons (Fsp3) is 0.581. The molecule has 2 aliphatic heterocycles. The van der Waals surface area contributed by atoms with Crippen molar-refractivity contribution >= 4 is 17.9 Å². The first-order chi connectivity index (χ1) is 19.9. The molecule has 3 amide bonds. The van der Waals surface area contributed by atoms with Crippen molar-refractivity contribution in [3.05, 3.63) is 47.5 Å². The van der Waals surface area contributed by atoms with Gasteiger partial charge in [-0.15, -0.1) is 0 Å². The molecular weight excluding hydrogens is 541 g/mol. The lowest BCUT2D eigenvalue weighted by Crippen LogP contribution is -2.50. The Morgan fingerprint density at radius 2 is 1.79 bits per heavy atom. The summed E-state index contributed by atoms with van der Waals surface area (Å²) in [6, 6.07) is 4.43. The number of likely N-dealkylation sites (tertiary alicyclic amines) is 1. The SMILES string of the molecule is CC(C)(C)OC(=O)N1CCC(N(C(=O)c2cnc(-c3ccc(C(=O)NCC4(C)CCCO4)c(F)c3)nc2)C2CC2)CC1. The van der Waals surface area contributed by atoms with Crippen molar-refractivity contribution in [2.75, 3.05) is 26.2 Å². The molecule has 42 heavy (non-hydrogen) atoms. The van der Waals surface area contributed by atoms with Gasteiger partial charge >= 0.3 is 6.09 Å². The van der Waals surface area contributed by atoms with Crippen LogP contribution in [0.4, 0.5) is 9.18 Å². The average Bonchev–Trinajstić information content (AvgIpc) is 3.69. The van der Waals surface area contributed by atoms with Gasteiger partial charge in [-0.1, -0.05) is 6.07 Å². The van der Waals surface area contributed by atoms with Crippen molar-refractivity contribution in [3.63, 3.8) is 0 Å². The second-order valence-electron chi connectivity index (χ2n) is 12.7. The highest BCUT2D eigenvalue weighted by atomic mass is 19.1. The monoisotopic (exact) mass is 581 g/mol. The Hall–Kier alpha value is -3.60. The maximum absolute atomic E-state index is 14.9. The predicted octanol–water partition coefficient (Wildman–Crippen LogP) is 4.59. The van der Waals surface area contributed by atoms with Gasteiger partial charge in [0, 0.05) is 56.3 Å². The maximum atomic E-state index is 14.9. The number of hydrogen-bond acceptors (Lipinski definition) is 7. The van der Waals surface area contributed by atoms with Crippen LogP contribution in [-0.2, 0) is 9.47 Å². The number of halogens is 1. The van der Waals surface area contributed by atoms with Crippen molar-refractivity contribution in [1.82, 2.24) is 25.1 Å². The van der Waals surface area contributed by atoms with Crippen LogP contribution in [0.15, 0.2) is 30.6 Å². The number of aromatic nitrogens is 2. The lowest BCUT2D eigenvalue weighted by molar-refractivity contribution is 0.0142. The van der Waals surface area contributed by atoms with Crippen molar-refractivity contribution < 1.29 is 28.2 Å². The quantitative estimate of drug-likeness (QED) is 0.509. The molecule has 3 aliphatic rings. The van der Waals surface area contributed by atoms with Gasteiger partial charge < -0.3 is 24.6 Å². The van der Waals surface area contributed by atoms with Crippen LogP contribution in [0.5, 0.6) is 0 Å². The summed E-state index contributed by atoms with van der Waals surface area (Å²) in [4.78, 5) is 50.9. The summed E-state index contributed by atoms with van der Waals surface area (Å²) in [7, 11) is 0. The number of rotatable bonds is 7. The molecule has 5 rings (SSSR count). The van der Waals surface area contributed by atoms with E-state index in [4.69, 9.17) is 9.47 Å². The van der Waals surface area contributed by atoms with Gasteiger partial charge in [-0.25, -0.2) is 19.2 Å². The first-order valence-electron chi connectivity index (χ1n) is 14.8. The van der Waals surface area contributed by atoms with E-state index < -0.39 is 22.9 Å². The number of benzene rings is 1. The molecule has 1 aromatic carbocycles. The van der Waals surface area contributed by atoms with E-state index in [0.717, 1.165) is 25.7 Å². The van der Waals surface area contributed by atoms with Crippen LogP contribution in [0.3, 0.4) is 0 Å². The van der Waals surface area contributed by atoms with Gasteiger partial charge in [0.25, 0.3) is 11.8 Å². The van der Waals surface area contributed by atoms with Crippen molar-refractivity contribution in [2.24, 2.45) is 0 Å². The zero-order valence-electron chi connectivity index (χ0n) is 24.8. The number of nitrogens with zero attached hydrogens (tertiary/aromatic N) is 4. The molecule has 0 bridgehead atoms. The van der Waals surface area contributed by atoms with Crippen molar-refractivity contribution in [3.8, 4) is 11.4 Å². The Morgan fingerprint density at radius 1 is 1.12 bits per heavy atom. The summed E-state index contributed by atoms with van der Waals surface area (Å²) in [5.41, 5.74) is -0.278. The highest BCUT2D eigenvalue weighted by Crippen LogP contribution is 2.33. The molecule has 0 radical (unpaired) electrons. The van der Waals surface area contributed by atoms with E-state index in [1.807, 2.05) is 32.6 Å². The minimum atomic E-state index is -0.677. The van der Waals surface area contributed by atoms with E-state index in [2.05, 4.69) is 15.3 Å². The van der Waals surface area contributed by atoms with Crippen molar-refractivity contribution in [2.45, 2.75) is 89.5 Å². The Morgan fingerprint density at radius 3 is 2.36 bits per heavy atom. The minimum Gasteiger partial charge on any atom is -0.444 e. The van der Waals surface area contributed by atoms with E-state index >= 15 is 0 Å². The van der Waals surface area contributed by atoms with E-state index in [1.54, 1.807) is 11.0 Å². The molecule has 226 valence electrons. The number of amides is 3. The topological polar surface area (TPSA) is 114 Å². The van der Waals surface area contributed by atoms with Crippen LogP contribution in [0, 0.1) is 5.82 Å². The molecule has 1 aliphatic carbocycles. The molecule has 1 atom stereocenters. The fourth-order valence-electron chi connectivity index (χ4n) is 5.55. The molecule has 1 saturated carbocycles. The molecule has 1 unspecified atom stereocenters. The summed E-state index contributed by atoms with van der Waals surface area (Å²) in [5, 5.41) is 2.77. The Kier molecular flexibility index (Phi) is 8.50. The third kappa shape index (κ3) is 7.06. The van der Waals surface area contributed by atoms with Gasteiger partial charge in [0.15, 0.2) is 5.82 Å². The van der Waals surface area contributed by atoms with E-state index in [-0.39, 0.29) is 35.5 Å². The molecular formula is C31H40FN5O5. The minimum absolute atomic E-state index is 0.0129.